The third-order valence-corrected chi connectivity index (χ3v) is 5.72. The number of carbonyl (C=O) groups is 2. The van der Waals surface area contributed by atoms with Gasteiger partial charge in [-0.1, -0.05) is 18.5 Å². The number of hydrogen-bond acceptors (Lipinski definition) is 7. The molecule has 2 aromatic heterocycles. The number of nitrogens with one attached hydrogen (secondary N) is 1. The number of thiophene rings is 1. The third-order valence-electron chi connectivity index (χ3n) is 4.30. The van der Waals surface area contributed by atoms with Crippen LogP contribution in [0.5, 0.6) is 0 Å². The number of esters is 1. The highest BCUT2D eigenvalue weighted by atomic mass is 35.5. The van der Waals surface area contributed by atoms with Crippen molar-refractivity contribution in [1.29, 1.82) is 0 Å². The topological polar surface area (TPSA) is 104 Å². The number of aryl methyl sites for hydroxylation is 1. The van der Waals surface area contributed by atoms with Crippen LogP contribution in [0.2, 0.25) is 5.02 Å². The summed E-state index contributed by atoms with van der Waals surface area (Å²) in [5.41, 5.74) is 8.93. The molecule has 1 amide bonds. The second-order valence-electron chi connectivity index (χ2n) is 6.67. The van der Waals surface area contributed by atoms with Gasteiger partial charge < -0.3 is 20.5 Å². The number of anilines is 2. The van der Waals surface area contributed by atoms with Crippen molar-refractivity contribution in [3.63, 3.8) is 0 Å². The molecule has 0 aliphatic rings. The molecule has 0 atom stereocenters. The summed E-state index contributed by atoms with van der Waals surface area (Å²) in [7, 11) is 1.60. The van der Waals surface area contributed by atoms with Crippen LogP contribution in [0.25, 0.3) is 10.2 Å². The molecule has 3 N–H and O–H groups in total. The van der Waals surface area contributed by atoms with Gasteiger partial charge in [-0.05, 0) is 43.2 Å². The summed E-state index contributed by atoms with van der Waals surface area (Å²) in [4.78, 5) is 30.6. The van der Waals surface area contributed by atoms with E-state index in [-0.39, 0.29) is 10.6 Å². The molecule has 0 fully saturated rings. The molecule has 158 valence electrons. The number of methoxy groups -OCH3 is 1. The fourth-order valence-electron chi connectivity index (χ4n) is 3.00. The average Bonchev–Trinajstić information content (AvgIpc) is 3.04. The third kappa shape index (κ3) is 4.56. The fraction of sp³-hybridized carbons (Fsp3) is 0.286. The second kappa shape index (κ2) is 9.42. The lowest BCUT2D eigenvalue weighted by Crippen LogP contribution is -2.13. The van der Waals surface area contributed by atoms with Gasteiger partial charge in [-0.3, -0.25) is 4.79 Å². The van der Waals surface area contributed by atoms with E-state index in [2.05, 4.69) is 10.3 Å². The summed E-state index contributed by atoms with van der Waals surface area (Å²) in [5.74, 6) is -0.935. The van der Waals surface area contributed by atoms with Gasteiger partial charge in [0.15, 0.2) is 0 Å². The molecule has 0 saturated carbocycles. The Morgan fingerprint density at radius 2 is 2.07 bits per heavy atom. The molecule has 0 unspecified atom stereocenters. The van der Waals surface area contributed by atoms with Crippen LogP contribution in [-0.4, -0.2) is 30.6 Å². The van der Waals surface area contributed by atoms with Crippen molar-refractivity contribution in [2.24, 2.45) is 0 Å². The molecule has 0 aliphatic heterocycles. The number of carbonyl (C=O) groups excluding carboxylic acids is 2. The van der Waals surface area contributed by atoms with Gasteiger partial charge in [0.1, 0.15) is 9.71 Å². The molecule has 0 spiro atoms. The van der Waals surface area contributed by atoms with Crippen molar-refractivity contribution in [3.8, 4) is 0 Å². The number of nitrogens with two attached hydrogens (primary N) is 1. The predicted octanol–water partition coefficient (Wildman–Crippen LogP) is 4.81. The first-order chi connectivity index (χ1) is 14.3. The van der Waals surface area contributed by atoms with Crippen LogP contribution in [0.4, 0.5) is 11.4 Å². The SMILES string of the molecule is CCCOC(=O)c1cc(NC(=O)c2sc3nc(C)cc(COC)c3c2N)ccc1Cl. The molecule has 30 heavy (non-hydrogen) atoms. The zero-order valence-electron chi connectivity index (χ0n) is 16.9. The maximum Gasteiger partial charge on any atom is 0.339 e. The van der Waals surface area contributed by atoms with E-state index >= 15 is 0 Å². The van der Waals surface area contributed by atoms with Crippen molar-refractivity contribution in [2.75, 3.05) is 24.8 Å². The minimum Gasteiger partial charge on any atom is -0.462 e. The van der Waals surface area contributed by atoms with Crippen molar-refractivity contribution in [1.82, 2.24) is 4.98 Å². The Kier molecular flexibility index (Phi) is 6.91. The lowest BCUT2D eigenvalue weighted by atomic mass is 10.1. The number of halogens is 1. The Bertz CT molecular complexity index is 1110. The molecule has 0 bridgehead atoms. The summed E-state index contributed by atoms with van der Waals surface area (Å²) < 4.78 is 10.4. The number of nitrogens with zero attached hydrogens (tertiary/aromatic N) is 1. The standard InChI is InChI=1S/C21H22ClN3O4S/c1-4-7-29-21(27)14-9-13(5-6-15(14)22)25-19(26)18-17(23)16-12(10-28-3)8-11(2)24-20(16)30-18/h5-6,8-9H,4,7,10,23H2,1-3H3,(H,25,26). The van der Waals surface area contributed by atoms with Gasteiger partial charge in [0, 0.05) is 23.9 Å². The van der Waals surface area contributed by atoms with Crippen LogP contribution in [0, 0.1) is 6.92 Å². The van der Waals surface area contributed by atoms with Gasteiger partial charge in [0.25, 0.3) is 5.91 Å². The van der Waals surface area contributed by atoms with Gasteiger partial charge in [-0.2, -0.15) is 0 Å². The Labute approximate surface area is 183 Å². The molecule has 3 rings (SSSR count). The highest BCUT2D eigenvalue weighted by molar-refractivity contribution is 7.21. The highest BCUT2D eigenvalue weighted by Crippen LogP contribution is 2.36. The Balaban J connectivity index is 1.91. The predicted molar refractivity (Wildman–Crippen MR) is 119 cm³/mol. The van der Waals surface area contributed by atoms with E-state index in [1.54, 1.807) is 13.2 Å². The first kappa shape index (κ1) is 22.0. The molecule has 1 aromatic carbocycles. The van der Waals surface area contributed by atoms with Crippen LogP contribution in [0.1, 0.15) is 44.6 Å². The number of fused-ring (bicyclic) bond motifs is 1. The van der Waals surface area contributed by atoms with Crippen LogP contribution >= 0.6 is 22.9 Å². The lowest BCUT2D eigenvalue weighted by molar-refractivity contribution is 0.0505. The van der Waals surface area contributed by atoms with Crippen molar-refractivity contribution in [3.05, 3.63) is 51.0 Å². The molecule has 3 aromatic rings. The van der Waals surface area contributed by atoms with Crippen LogP contribution in [-0.2, 0) is 16.1 Å². The Hall–Kier alpha value is -2.68. The monoisotopic (exact) mass is 447 g/mol. The summed E-state index contributed by atoms with van der Waals surface area (Å²) in [6, 6.07) is 6.53. The Morgan fingerprint density at radius 1 is 1.30 bits per heavy atom. The summed E-state index contributed by atoms with van der Waals surface area (Å²) in [6.45, 7) is 4.43. The van der Waals surface area contributed by atoms with E-state index in [0.717, 1.165) is 16.6 Å². The van der Waals surface area contributed by atoms with E-state index in [4.69, 9.17) is 26.8 Å². The molecule has 9 heteroatoms. The van der Waals surface area contributed by atoms with Gasteiger partial charge in [0.2, 0.25) is 0 Å². The minimum absolute atomic E-state index is 0.187. The van der Waals surface area contributed by atoms with Crippen LogP contribution < -0.4 is 11.1 Å². The van der Waals surface area contributed by atoms with E-state index in [9.17, 15) is 9.59 Å². The summed E-state index contributed by atoms with van der Waals surface area (Å²) >= 11 is 7.32. The number of hydrogen-bond donors (Lipinski definition) is 2. The van der Waals surface area contributed by atoms with Gasteiger partial charge in [-0.15, -0.1) is 11.3 Å². The summed E-state index contributed by atoms with van der Waals surface area (Å²) in [6.07, 6.45) is 0.698. The number of aromatic nitrogens is 1. The zero-order chi connectivity index (χ0) is 21.8. The van der Waals surface area contributed by atoms with Crippen molar-refractivity contribution >= 4 is 56.4 Å². The van der Waals surface area contributed by atoms with Crippen LogP contribution in [0.15, 0.2) is 24.3 Å². The molecule has 0 aliphatic carbocycles. The number of amides is 1. The number of nitrogen functional groups attached to an aromatic ring is 1. The quantitative estimate of drug-likeness (QED) is 0.504. The highest BCUT2D eigenvalue weighted by Gasteiger charge is 2.21. The zero-order valence-corrected chi connectivity index (χ0v) is 18.4. The molecule has 0 radical (unpaired) electrons. The van der Waals surface area contributed by atoms with E-state index < -0.39 is 11.9 Å². The minimum atomic E-state index is -0.539. The maximum atomic E-state index is 12.9. The second-order valence-corrected chi connectivity index (χ2v) is 8.07. The van der Waals surface area contributed by atoms with Gasteiger partial charge >= 0.3 is 5.97 Å². The molecule has 2 heterocycles. The normalized spacial score (nSPS) is 10.9. The van der Waals surface area contributed by atoms with Gasteiger partial charge in [-0.25, -0.2) is 9.78 Å². The number of benzene rings is 1. The maximum absolute atomic E-state index is 12.9. The number of rotatable bonds is 7. The first-order valence-electron chi connectivity index (χ1n) is 9.31. The smallest absolute Gasteiger partial charge is 0.339 e. The largest absolute Gasteiger partial charge is 0.462 e. The Morgan fingerprint density at radius 3 is 2.77 bits per heavy atom. The molecular formula is C21H22ClN3O4S. The van der Waals surface area contributed by atoms with Crippen molar-refractivity contribution in [2.45, 2.75) is 26.9 Å². The molecular weight excluding hydrogens is 426 g/mol. The van der Waals surface area contributed by atoms with Gasteiger partial charge in [0.05, 0.1) is 29.5 Å². The van der Waals surface area contributed by atoms with E-state index in [0.29, 0.717) is 40.7 Å². The van der Waals surface area contributed by atoms with Crippen LogP contribution in [0.3, 0.4) is 0 Å². The fourth-order valence-corrected chi connectivity index (χ4v) is 4.27. The average molecular weight is 448 g/mol. The summed E-state index contributed by atoms with van der Waals surface area (Å²) in [5, 5.41) is 3.74. The first-order valence-corrected chi connectivity index (χ1v) is 10.5. The molecule has 7 nitrogen and oxygen atoms in total. The van der Waals surface area contributed by atoms with E-state index in [1.807, 2.05) is 19.9 Å². The molecule has 0 saturated heterocycles. The number of pyridine rings is 1. The van der Waals surface area contributed by atoms with E-state index in [1.165, 1.54) is 23.5 Å². The lowest BCUT2D eigenvalue weighted by Gasteiger charge is -2.09. The van der Waals surface area contributed by atoms with Crippen molar-refractivity contribution < 1.29 is 19.1 Å². The number of ether oxygens (including phenoxy) is 2.